The number of rotatable bonds is 8. The molecule has 2 aromatic carbocycles. The standard InChI is InChI=1S/C25H22N4O4S/c1-18-7-9-21(10-8-18)29-34(31,32)22-5-2-4-20(16-22)25(30)28-24-23(6-3-13-27-24)33-17-19-11-14-26-15-12-19/h2-16,29H,17H2,1H3,(H,27,28,30). The SMILES string of the molecule is Cc1ccc(NS(=O)(=O)c2cccc(C(=O)Nc3ncccc3OCc3ccncc3)c2)cc1. The van der Waals surface area contributed by atoms with Gasteiger partial charge in [-0.1, -0.05) is 23.8 Å². The molecule has 2 aromatic heterocycles. The van der Waals surface area contributed by atoms with Gasteiger partial charge < -0.3 is 10.1 Å². The number of carbonyl (C=O) groups excluding carboxylic acids is 1. The maximum atomic E-state index is 12.9. The van der Waals surface area contributed by atoms with Crippen LogP contribution in [0, 0.1) is 6.92 Å². The topological polar surface area (TPSA) is 110 Å². The number of anilines is 2. The Kier molecular flexibility index (Phi) is 6.84. The molecule has 0 saturated carbocycles. The second-order valence-corrected chi connectivity index (χ2v) is 9.13. The van der Waals surface area contributed by atoms with Gasteiger partial charge in [0.25, 0.3) is 15.9 Å². The zero-order valence-corrected chi connectivity index (χ0v) is 19.1. The first-order valence-electron chi connectivity index (χ1n) is 10.4. The highest BCUT2D eigenvalue weighted by Gasteiger charge is 2.18. The number of aryl methyl sites for hydroxylation is 1. The number of hydrogen-bond donors (Lipinski definition) is 2. The molecule has 0 aliphatic carbocycles. The van der Waals surface area contributed by atoms with Crippen molar-refractivity contribution in [3.05, 3.63) is 108 Å². The van der Waals surface area contributed by atoms with Crippen molar-refractivity contribution in [3.63, 3.8) is 0 Å². The Morgan fingerprint density at radius 1 is 0.941 bits per heavy atom. The second kappa shape index (κ2) is 10.1. The summed E-state index contributed by atoms with van der Waals surface area (Å²) in [5.41, 5.74) is 2.53. The normalized spacial score (nSPS) is 11.0. The molecule has 1 amide bonds. The Morgan fingerprint density at radius 2 is 1.71 bits per heavy atom. The van der Waals surface area contributed by atoms with Crippen molar-refractivity contribution in [3.8, 4) is 5.75 Å². The van der Waals surface area contributed by atoms with Crippen molar-refractivity contribution in [2.45, 2.75) is 18.4 Å². The van der Waals surface area contributed by atoms with E-state index in [-0.39, 0.29) is 22.9 Å². The van der Waals surface area contributed by atoms with Gasteiger partial charge in [0.15, 0.2) is 11.6 Å². The van der Waals surface area contributed by atoms with Gasteiger partial charge in [-0.15, -0.1) is 0 Å². The van der Waals surface area contributed by atoms with E-state index in [1.165, 1.54) is 30.5 Å². The summed E-state index contributed by atoms with van der Waals surface area (Å²) in [6.07, 6.45) is 4.86. The first kappa shape index (κ1) is 22.9. The van der Waals surface area contributed by atoms with Crippen LogP contribution in [0.3, 0.4) is 0 Å². The zero-order chi connectivity index (χ0) is 24.0. The summed E-state index contributed by atoms with van der Waals surface area (Å²) < 4.78 is 34.0. The number of nitrogens with one attached hydrogen (secondary N) is 2. The van der Waals surface area contributed by atoms with Gasteiger partial charge in [0.05, 0.1) is 4.90 Å². The predicted octanol–water partition coefficient (Wildman–Crippen LogP) is 4.42. The van der Waals surface area contributed by atoms with Crippen molar-refractivity contribution in [2.75, 3.05) is 10.0 Å². The van der Waals surface area contributed by atoms with Crippen LogP contribution in [0.4, 0.5) is 11.5 Å². The van der Waals surface area contributed by atoms with E-state index in [1.807, 2.05) is 31.2 Å². The molecule has 2 heterocycles. The summed E-state index contributed by atoms with van der Waals surface area (Å²) in [6, 6.07) is 19.8. The Hall–Kier alpha value is -4.24. The second-order valence-electron chi connectivity index (χ2n) is 7.45. The van der Waals surface area contributed by atoms with Gasteiger partial charge in [-0.05, 0) is 67.1 Å². The summed E-state index contributed by atoms with van der Waals surface area (Å²) in [5, 5.41) is 2.70. The van der Waals surface area contributed by atoms with E-state index in [4.69, 9.17) is 4.74 Å². The largest absolute Gasteiger partial charge is 0.485 e. The molecular formula is C25H22N4O4S. The smallest absolute Gasteiger partial charge is 0.261 e. The monoisotopic (exact) mass is 474 g/mol. The van der Waals surface area contributed by atoms with Crippen LogP contribution in [0.15, 0.2) is 96.3 Å². The number of nitrogens with zero attached hydrogens (tertiary/aromatic N) is 2. The summed E-state index contributed by atoms with van der Waals surface area (Å²) in [4.78, 5) is 21.0. The van der Waals surface area contributed by atoms with Crippen molar-refractivity contribution in [1.29, 1.82) is 0 Å². The van der Waals surface area contributed by atoms with Crippen LogP contribution < -0.4 is 14.8 Å². The third kappa shape index (κ3) is 5.76. The van der Waals surface area contributed by atoms with E-state index in [9.17, 15) is 13.2 Å². The number of pyridine rings is 2. The van der Waals surface area contributed by atoms with E-state index < -0.39 is 15.9 Å². The minimum atomic E-state index is -3.88. The Morgan fingerprint density at radius 3 is 2.47 bits per heavy atom. The molecule has 0 bridgehead atoms. The highest BCUT2D eigenvalue weighted by atomic mass is 32.2. The number of amides is 1. The molecule has 0 aliphatic heterocycles. The molecule has 0 radical (unpaired) electrons. The summed E-state index contributed by atoms with van der Waals surface area (Å²) in [5.74, 6) is 0.102. The van der Waals surface area contributed by atoms with Crippen LogP contribution in [0.25, 0.3) is 0 Å². The number of hydrogen-bond acceptors (Lipinski definition) is 6. The lowest BCUT2D eigenvalue weighted by Gasteiger charge is -2.12. The Labute approximate surface area is 197 Å². The highest BCUT2D eigenvalue weighted by molar-refractivity contribution is 7.92. The summed E-state index contributed by atoms with van der Waals surface area (Å²) in [7, 11) is -3.88. The van der Waals surface area contributed by atoms with Gasteiger partial charge in [-0.2, -0.15) is 0 Å². The Bertz CT molecular complexity index is 1390. The fraction of sp³-hybridized carbons (Fsp3) is 0.0800. The minimum Gasteiger partial charge on any atom is -0.485 e. The van der Waals surface area contributed by atoms with Crippen molar-refractivity contribution in [2.24, 2.45) is 0 Å². The first-order chi connectivity index (χ1) is 16.4. The molecule has 34 heavy (non-hydrogen) atoms. The van der Waals surface area contributed by atoms with Crippen LogP contribution in [-0.4, -0.2) is 24.3 Å². The van der Waals surface area contributed by atoms with Gasteiger partial charge in [-0.25, -0.2) is 13.4 Å². The predicted molar refractivity (Wildman–Crippen MR) is 129 cm³/mol. The van der Waals surface area contributed by atoms with Gasteiger partial charge in [-0.3, -0.25) is 14.5 Å². The summed E-state index contributed by atoms with van der Waals surface area (Å²) >= 11 is 0. The molecule has 172 valence electrons. The van der Waals surface area contributed by atoms with Crippen molar-refractivity contribution in [1.82, 2.24) is 9.97 Å². The van der Waals surface area contributed by atoms with Gasteiger partial charge in [0, 0.05) is 29.8 Å². The average molecular weight is 475 g/mol. The fourth-order valence-electron chi connectivity index (χ4n) is 3.06. The van der Waals surface area contributed by atoms with Gasteiger partial charge in [0.2, 0.25) is 0 Å². The zero-order valence-electron chi connectivity index (χ0n) is 18.3. The maximum absolute atomic E-state index is 12.9. The molecule has 0 spiro atoms. The fourth-order valence-corrected chi connectivity index (χ4v) is 4.16. The van der Waals surface area contributed by atoms with Crippen LogP contribution >= 0.6 is 0 Å². The van der Waals surface area contributed by atoms with Gasteiger partial charge >= 0.3 is 0 Å². The number of benzene rings is 2. The van der Waals surface area contributed by atoms with Crippen LogP contribution in [0.5, 0.6) is 5.75 Å². The van der Waals surface area contributed by atoms with E-state index >= 15 is 0 Å². The van der Waals surface area contributed by atoms with Gasteiger partial charge in [0.1, 0.15) is 6.61 Å². The van der Waals surface area contributed by atoms with Crippen molar-refractivity contribution >= 4 is 27.4 Å². The van der Waals surface area contributed by atoms with Crippen LogP contribution in [0.1, 0.15) is 21.5 Å². The first-order valence-corrected chi connectivity index (χ1v) is 11.9. The molecule has 0 saturated heterocycles. The molecule has 0 unspecified atom stereocenters. The molecular weight excluding hydrogens is 452 g/mol. The average Bonchev–Trinajstić information content (AvgIpc) is 2.85. The Balaban J connectivity index is 1.49. The lowest BCUT2D eigenvalue weighted by Crippen LogP contribution is -2.17. The van der Waals surface area contributed by atoms with Crippen molar-refractivity contribution < 1.29 is 17.9 Å². The minimum absolute atomic E-state index is 0.0316. The third-order valence-electron chi connectivity index (χ3n) is 4.86. The lowest BCUT2D eigenvalue weighted by atomic mass is 10.2. The maximum Gasteiger partial charge on any atom is 0.261 e. The molecule has 4 rings (SSSR count). The molecule has 2 N–H and O–H groups in total. The summed E-state index contributed by atoms with van der Waals surface area (Å²) in [6.45, 7) is 2.19. The van der Waals surface area contributed by atoms with E-state index in [1.54, 1.807) is 36.7 Å². The molecule has 9 heteroatoms. The third-order valence-corrected chi connectivity index (χ3v) is 6.24. The van der Waals surface area contributed by atoms with E-state index in [2.05, 4.69) is 20.0 Å². The number of carbonyl (C=O) groups is 1. The number of ether oxygens (including phenoxy) is 1. The van der Waals surface area contributed by atoms with E-state index in [0.29, 0.717) is 11.4 Å². The quantitative estimate of drug-likeness (QED) is 0.391. The number of sulfonamides is 1. The van der Waals surface area contributed by atoms with E-state index in [0.717, 1.165) is 11.1 Å². The molecule has 0 atom stereocenters. The molecule has 0 aliphatic rings. The highest BCUT2D eigenvalue weighted by Crippen LogP contribution is 2.24. The van der Waals surface area contributed by atoms with Crippen LogP contribution in [-0.2, 0) is 16.6 Å². The molecule has 0 fully saturated rings. The molecule has 4 aromatic rings. The van der Waals surface area contributed by atoms with Crippen LogP contribution in [0.2, 0.25) is 0 Å². The molecule has 8 nitrogen and oxygen atoms in total. The lowest BCUT2D eigenvalue weighted by molar-refractivity contribution is 0.102. The number of aromatic nitrogens is 2.